The predicted molar refractivity (Wildman–Crippen MR) is 117 cm³/mol. The van der Waals surface area contributed by atoms with Crippen LogP contribution >= 0.6 is 22.9 Å². The second-order valence-electron chi connectivity index (χ2n) is 6.73. The van der Waals surface area contributed by atoms with Gasteiger partial charge >= 0.3 is 0 Å². The quantitative estimate of drug-likeness (QED) is 0.594. The largest absolute Gasteiger partial charge is 0.480 e. The Balaban J connectivity index is 1.45. The number of rotatable bonds is 6. The normalized spacial score (nSPS) is 16.7. The molecule has 1 aromatic heterocycles. The molecular formula is C20H18ClN3O4S2. The van der Waals surface area contributed by atoms with Crippen LogP contribution in [0.3, 0.4) is 0 Å². The van der Waals surface area contributed by atoms with E-state index in [0.29, 0.717) is 34.6 Å². The highest BCUT2D eigenvalue weighted by Crippen LogP contribution is 2.28. The fourth-order valence-electron chi connectivity index (χ4n) is 3.08. The van der Waals surface area contributed by atoms with Gasteiger partial charge in [0.15, 0.2) is 11.2 Å². The SMILES string of the molecule is Cc1ccc(OC2CCN(c3ccc(S(=O)(=O)Nc4nccs4)cc3)C2=O)cc1Cl. The zero-order chi connectivity index (χ0) is 21.3. The van der Waals surface area contributed by atoms with Crippen molar-refractivity contribution in [3.63, 3.8) is 0 Å². The molecule has 10 heteroatoms. The molecule has 1 unspecified atom stereocenters. The second-order valence-corrected chi connectivity index (χ2v) is 9.72. The summed E-state index contributed by atoms with van der Waals surface area (Å²) in [6, 6.07) is 11.5. The Morgan fingerprint density at radius 2 is 2.00 bits per heavy atom. The van der Waals surface area contributed by atoms with Crippen molar-refractivity contribution in [3.05, 3.63) is 64.6 Å². The molecule has 1 amide bonds. The molecule has 1 aliphatic rings. The third kappa shape index (κ3) is 4.28. The van der Waals surface area contributed by atoms with Gasteiger partial charge in [-0.3, -0.25) is 9.52 Å². The number of hydrogen-bond acceptors (Lipinski definition) is 6. The fourth-order valence-corrected chi connectivity index (χ4v) is 5.04. The lowest BCUT2D eigenvalue weighted by Gasteiger charge is -2.18. The molecule has 3 aromatic rings. The molecule has 2 heterocycles. The van der Waals surface area contributed by atoms with Crippen molar-refractivity contribution < 1.29 is 17.9 Å². The summed E-state index contributed by atoms with van der Waals surface area (Å²) in [5.74, 6) is 0.365. The van der Waals surface area contributed by atoms with Crippen LogP contribution in [0.25, 0.3) is 0 Å². The number of carbonyl (C=O) groups is 1. The summed E-state index contributed by atoms with van der Waals surface area (Å²) in [5.41, 5.74) is 1.55. The first kappa shape index (κ1) is 20.6. The molecule has 2 aromatic carbocycles. The average molecular weight is 464 g/mol. The van der Waals surface area contributed by atoms with Gasteiger partial charge in [-0.15, -0.1) is 11.3 Å². The van der Waals surface area contributed by atoms with Crippen LogP contribution in [-0.4, -0.2) is 32.0 Å². The first-order valence-corrected chi connectivity index (χ1v) is 11.8. The van der Waals surface area contributed by atoms with Crippen LogP contribution in [0.4, 0.5) is 10.8 Å². The summed E-state index contributed by atoms with van der Waals surface area (Å²) in [6.45, 7) is 2.37. The van der Waals surface area contributed by atoms with Crippen LogP contribution in [0, 0.1) is 6.92 Å². The number of thiazole rings is 1. The van der Waals surface area contributed by atoms with Crippen molar-refractivity contribution in [1.82, 2.24) is 4.98 Å². The molecule has 1 fully saturated rings. The Kier molecular flexibility index (Phi) is 5.68. The topological polar surface area (TPSA) is 88.6 Å². The van der Waals surface area contributed by atoms with Crippen LogP contribution in [0.15, 0.2) is 58.9 Å². The smallest absolute Gasteiger partial charge is 0.268 e. The first-order valence-electron chi connectivity index (χ1n) is 9.10. The van der Waals surface area contributed by atoms with Crippen molar-refractivity contribution >= 4 is 49.7 Å². The van der Waals surface area contributed by atoms with Gasteiger partial charge in [0, 0.05) is 35.3 Å². The maximum absolute atomic E-state index is 12.8. The number of amides is 1. The van der Waals surface area contributed by atoms with Crippen LogP contribution in [0.5, 0.6) is 5.75 Å². The summed E-state index contributed by atoms with van der Waals surface area (Å²) in [4.78, 5) is 18.4. The van der Waals surface area contributed by atoms with Crippen molar-refractivity contribution in [2.45, 2.75) is 24.3 Å². The van der Waals surface area contributed by atoms with Gasteiger partial charge in [-0.25, -0.2) is 13.4 Å². The van der Waals surface area contributed by atoms with Crippen LogP contribution in [-0.2, 0) is 14.8 Å². The Bertz CT molecular complexity index is 1170. The number of aromatic nitrogens is 1. The van der Waals surface area contributed by atoms with Gasteiger partial charge in [0.2, 0.25) is 0 Å². The lowest BCUT2D eigenvalue weighted by atomic mass is 10.2. The minimum atomic E-state index is -3.74. The summed E-state index contributed by atoms with van der Waals surface area (Å²) in [6.07, 6.45) is 1.43. The van der Waals surface area contributed by atoms with Crippen molar-refractivity contribution in [1.29, 1.82) is 0 Å². The molecule has 0 radical (unpaired) electrons. The van der Waals surface area contributed by atoms with Crippen molar-refractivity contribution in [2.24, 2.45) is 0 Å². The number of anilines is 2. The lowest BCUT2D eigenvalue weighted by Crippen LogP contribution is -2.32. The molecule has 0 bridgehead atoms. The minimum Gasteiger partial charge on any atom is -0.480 e. The van der Waals surface area contributed by atoms with E-state index in [9.17, 15) is 13.2 Å². The van der Waals surface area contributed by atoms with Crippen LogP contribution in [0.2, 0.25) is 5.02 Å². The minimum absolute atomic E-state index is 0.0928. The molecule has 1 N–H and O–H groups in total. The number of nitrogens with one attached hydrogen (secondary N) is 1. The Morgan fingerprint density at radius 3 is 2.67 bits per heavy atom. The number of benzene rings is 2. The molecule has 7 nitrogen and oxygen atoms in total. The Labute approximate surface area is 183 Å². The highest BCUT2D eigenvalue weighted by Gasteiger charge is 2.34. The van der Waals surface area contributed by atoms with Crippen LogP contribution in [0.1, 0.15) is 12.0 Å². The maximum Gasteiger partial charge on any atom is 0.268 e. The van der Waals surface area contributed by atoms with Gasteiger partial charge < -0.3 is 9.64 Å². The standard InChI is InChI=1S/C20H18ClN3O4S2/c1-13-2-5-15(12-17(13)21)28-18-8-10-24(19(18)25)14-3-6-16(7-4-14)30(26,27)23-20-22-9-11-29-20/h2-7,9,11-12,18H,8,10H2,1H3,(H,22,23). The number of aryl methyl sites for hydroxylation is 1. The fraction of sp³-hybridized carbons (Fsp3) is 0.200. The molecular weight excluding hydrogens is 446 g/mol. The zero-order valence-corrected chi connectivity index (χ0v) is 18.3. The molecule has 1 saturated heterocycles. The van der Waals surface area contributed by atoms with E-state index in [-0.39, 0.29) is 10.8 Å². The second kappa shape index (κ2) is 8.25. The highest BCUT2D eigenvalue weighted by molar-refractivity contribution is 7.93. The number of hydrogen-bond donors (Lipinski definition) is 1. The Morgan fingerprint density at radius 1 is 1.23 bits per heavy atom. The number of carbonyl (C=O) groups excluding carboxylic acids is 1. The molecule has 1 aliphatic heterocycles. The summed E-state index contributed by atoms with van der Waals surface area (Å²) in [5, 5.41) is 2.56. The molecule has 156 valence electrons. The number of halogens is 1. The summed E-state index contributed by atoms with van der Waals surface area (Å²) < 4.78 is 33.1. The van der Waals surface area contributed by atoms with E-state index in [4.69, 9.17) is 16.3 Å². The average Bonchev–Trinajstić information content (AvgIpc) is 3.35. The zero-order valence-electron chi connectivity index (χ0n) is 15.9. The third-order valence-corrected chi connectivity index (χ3v) is 7.27. The maximum atomic E-state index is 12.8. The predicted octanol–water partition coefficient (Wildman–Crippen LogP) is 4.09. The summed E-state index contributed by atoms with van der Waals surface area (Å²) >= 11 is 7.32. The molecule has 4 rings (SSSR count). The summed E-state index contributed by atoms with van der Waals surface area (Å²) in [7, 11) is -3.74. The van der Waals surface area contributed by atoms with Gasteiger partial charge in [0.25, 0.3) is 15.9 Å². The van der Waals surface area contributed by atoms with Gasteiger partial charge in [-0.05, 0) is 48.9 Å². The van der Waals surface area contributed by atoms with E-state index in [1.54, 1.807) is 34.5 Å². The van der Waals surface area contributed by atoms with Crippen molar-refractivity contribution in [3.8, 4) is 5.75 Å². The number of sulfonamides is 1. The molecule has 30 heavy (non-hydrogen) atoms. The third-order valence-electron chi connectivity index (χ3n) is 4.69. The number of nitrogens with zero attached hydrogens (tertiary/aromatic N) is 2. The van der Waals surface area contributed by atoms with Gasteiger partial charge in [0.1, 0.15) is 5.75 Å². The molecule has 0 aliphatic carbocycles. The number of ether oxygens (including phenoxy) is 1. The van der Waals surface area contributed by atoms with Crippen molar-refractivity contribution in [2.75, 3.05) is 16.2 Å². The monoisotopic (exact) mass is 463 g/mol. The lowest BCUT2D eigenvalue weighted by molar-refractivity contribution is -0.122. The van der Waals surface area contributed by atoms with Gasteiger partial charge in [-0.1, -0.05) is 17.7 Å². The highest BCUT2D eigenvalue weighted by atomic mass is 35.5. The van der Waals surface area contributed by atoms with E-state index in [2.05, 4.69) is 9.71 Å². The van der Waals surface area contributed by atoms with E-state index in [0.717, 1.165) is 5.56 Å². The van der Waals surface area contributed by atoms with Crippen LogP contribution < -0.4 is 14.4 Å². The van der Waals surface area contributed by atoms with E-state index >= 15 is 0 Å². The molecule has 0 saturated carbocycles. The van der Waals surface area contributed by atoms with E-state index < -0.39 is 16.1 Å². The van der Waals surface area contributed by atoms with Gasteiger partial charge in [0.05, 0.1) is 4.90 Å². The molecule has 0 spiro atoms. The Hall–Kier alpha value is -2.62. The molecule has 1 atom stereocenters. The first-order chi connectivity index (χ1) is 14.3. The van der Waals surface area contributed by atoms with E-state index in [1.165, 1.54) is 29.7 Å². The van der Waals surface area contributed by atoms with E-state index in [1.807, 2.05) is 13.0 Å². The van der Waals surface area contributed by atoms with Gasteiger partial charge in [-0.2, -0.15) is 0 Å².